The Morgan fingerprint density at radius 2 is 1.83 bits per heavy atom. The molecule has 190 valence electrons. The lowest BCUT2D eigenvalue weighted by molar-refractivity contribution is -0.138. The topological polar surface area (TPSA) is 88.4 Å². The first-order chi connectivity index (χ1) is 17.1. The maximum atomic E-state index is 13.6. The summed E-state index contributed by atoms with van der Waals surface area (Å²) in [5.74, 6) is -0.706. The molecular weight excluding hydrogens is 472 g/mol. The smallest absolute Gasteiger partial charge is 0.305 e. The molecule has 4 rings (SSSR count). The molecule has 0 spiro atoms. The number of pyridine rings is 1. The summed E-state index contributed by atoms with van der Waals surface area (Å²) in [5.41, 5.74) is 5.02. The van der Waals surface area contributed by atoms with Crippen LogP contribution in [0.5, 0.6) is 0 Å². The van der Waals surface area contributed by atoms with Gasteiger partial charge in [0.25, 0.3) is 5.56 Å². The Bertz CT molecular complexity index is 1300. The average Bonchev–Trinajstić information content (AvgIpc) is 3.54. The van der Waals surface area contributed by atoms with Gasteiger partial charge in [0.2, 0.25) is 5.91 Å². The van der Waals surface area contributed by atoms with E-state index in [1.807, 2.05) is 37.4 Å². The Morgan fingerprint density at radius 1 is 1.14 bits per heavy atom. The summed E-state index contributed by atoms with van der Waals surface area (Å²) in [4.78, 5) is 39.3. The number of thiophene rings is 1. The molecule has 0 aliphatic heterocycles. The van der Waals surface area contributed by atoms with E-state index in [0.717, 1.165) is 45.5 Å². The third-order valence-corrected chi connectivity index (χ3v) is 7.76. The number of nitrogens with one attached hydrogen (secondary N) is 1. The molecule has 1 fully saturated rings. The van der Waals surface area contributed by atoms with E-state index in [-0.39, 0.29) is 23.8 Å². The number of nitrogens with zero attached hydrogens (tertiary/aromatic N) is 1. The first-order valence-electron chi connectivity index (χ1n) is 12.5. The van der Waals surface area contributed by atoms with Gasteiger partial charge in [0.1, 0.15) is 6.04 Å². The number of carboxylic acids is 1. The van der Waals surface area contributed by atoms with Crippen molar-refractivity contribution in [3.05, 3.63) is 80.6 Å². The average molecular weight is 507 g/mol. The number of benzene rings is 1. The van der Waals surface area contributed by atoms with Crippen LogP contribution in [0.3, 0.4) is 0 Å². The number of aryl methyl sites for hydroxylation is 2. The lowest BCUT2D eigenvalue weighted by Crippen LogP contribution is -2.40. The molecule has 6 nitrogen and oxygen atoms in total. The number of carboxylic acid groups (broad SMARTS) is 1. The number of hydrogen-bond donors (Lipinski definition) is 2. The normalized spacial score (nSPS) is 15.0. The van der Waals surface area contributed by atoms with Crippen molar-refractivity contribution in [1.82, 2.24) is 9.88 Å². The van der Waals surface area contributed by atoms with Gasteiger partial charge in [-0.15, -0.1) is 11.3 Å². The van der Waals surface area contributed by atoms with Crippen molar-refractivity contribution in [1.29, 1.82) is 0 Å². The van der Waals surface area contributed by atoms with Crippen LogP contribution in [-0.4, -0.2) is 21.6 Å². The lowest BCUT2D eigenvalue weighted by Gasteiger charge is -2.24. The molecule has 0 radical (unpaired) electrons. The Labute approximate surface area is 216 Å². The van der Waals surface area contributed by atoms with Crippen LogP contribution < -0.4 is 10.9 Å². The van der Waals surface area contributed by atoms with Crippen LogP contribution in [0.1, 0.15) is 79.8 Å². The molecule has 2 N–H and O–H groups in total. The van der Waals surface area contributed by atoms with Crippen molar-refractivity contribution in [2.75, 3.05) is 0 Å². The third-order valence-electron chi connectivity index (χ3n) is 6.80. The summed E-state index contributed by atoms with van der Waals surface area (Å²) in [6, 6.07) is 10.3. The molecule has 0 unspecified atom stereocenters. The van der Waals surface area contributed by atoms with Gasteiger partial charge in [-0.25, -0.2) is 0 Å². The highest BCUT2D eigenvalue weighted by Crippen LogP contribution is 2.39. The number of aliphatic carboxylic acids is 1. The summed E-state index contributed by atoms with van der Waals surface area (Å²) in [5, 5.41) is 14.5. The number of carbonyl (C=O) groups excluding carboxylic acids is 1. The zero-order valence-electron chi connectivity index (χ0n) is 21.3. The molecule has 2 aromatic heterocycles. The Kier molecular flexibility index (Phi) is 7.79. The molecule has 1 aromatic carbocycles. The van der Waals surface area contributed by atoms with Gasteiger partial charge >= 0.3 is 5.97 Å². The van der Waals surface area contributed by atoms with Crippen molar-refractivity contribution in [3.8, 4) is 10.4 Å². The molecule has 2 atom stereocenters. The minimum atomic E-state index is -0.994. The van der Waals surface area contributed by atoms with Crippen LogP contribution in [0.4, 0.5) is 0 Å². The Balaban J connectivity index is 1.62. The third kappa shape index (κ3) is 5.95. The summed E-state index contributed by atoms with van der Waals surface area (Å²) >= 11 is 1.54. The van der Waals surface area contributed by atoms with E-state index < -0.39 is 18.1 Å². The standard InChI is InChI=1S/C29H34N2O4S/c1-17(2)12-24(31-11-10-21(14-26(31)32)20-8-9-20)29(35)30-23(15-27(33)34)22-13-25(36-16-22)28-18(3)6-5-7-19(28)4/h5-7,10-11,13-14,16-17,20,23-24H,8-9,12,15H2,1-4H3,(H,30,35)(H,33,34)/t23-,24+/m1/s1. The molecule has 0 bridgehead atoms. The fourth-order valence-corrected chi connectivity index (χ4v) is 5.93. The number of rotatable bonds is 10. The van der Waals surface area contributed by atoms with E-state index in [9.17, 15) is 19.5 Å². The fourth-order valence-electron chi connectivity index (χ4n) is 4.79. The maximum absolute atomic E-state index is 13.6. The van der Waals surface area contributed by atoms with E-state index >= 15 is 0 Å². The van der Waals surface area contributed by atoms with Crippen molar-refractivity contribution in [2.45, 2.75) is 71.4 Å². The monoisotopic (exact) mass is 506 g/mol. The molecule has 7 heteroatoms. The Hall–Kier alpha value is -3.19. The van der Waals surface area contributed by atoms with Crippen molar-refractivity contribution in [2.24, 2.45) is 5.92 Å². The minimum Gasteiger partial charge on any atom is -0.481 e. The molecule has 36 heavy (non-hydrogen) atoms. The van der Waals surface area contributed by atoms with Crippen molar-refractivity contribution >= 4 is 23.2 Å². The van der Waals surface area contributed by atoms with E-state index in [0.29, 0.717) is 12.3 Å². The van der Waals surface area contributed by atoms with Gasteiger partial charge in [0.05, 0.1) is 12.5 Å². The van der Waals surface area contributed by atoms with Crippen molar-refractivity contribution < 1.29 is 14.7 Å². The SMILES string of the molecule is Cc1cccc(C)c1-c1cc([C@@H](CC(=O)O)NC(=O)[C@H](CC(C)C)n2ccc(C3CC3)cc2=O)cs1. The highest BCUT2D eigenvalue weighted by Gasteiger charge is 2.29. The number of aromatic nitrogens is 1. The molecule has 0 saturated heterocycles. The summed E-state index contributed by atoms with van der Waals surface area (Å²) in [7, 11) is 0. The Morgan fingerprint density at radius 3 is 2.42 bits per heavy atom. The predicted molar refractivity (Wildman–Crippen MR) is 144 cm³/mol. The number of amides is 1. The van der Waals surface area contributed by atoms with Gasteiger partial charge in [-0.2, -0.15) is 0 Å². The quantitative estimate of drug-likeness (QED) is 0.353. The van der Waals surface area contributed by atoms with Gasteiger partial charge in [-0.3, -0.25) is 14.4 Å². The second-order valence-electron chi connectivity index (χ2n) is 10.3. The van der Waals surface area contributed by atoms with Gasteiger partial charge < -0.3 is 15.0 Å². The molecule has 1 amide bonds. The van der Waals surface area contributed by atoms with Crippen molar-refractivity contribution in [3.63, 3.8) is 0 Å². The van der Waals surface area contributed by atoms with E-state index in [1.165, 1.54) is 4.57 Å². The summed E-state index contributed by atoms with van der Waals surface area (Å²) < 4.78 is 1.49. The number of hydrogen-bond acceptors (Lipinski definition) is 4. The summed E-state index contributed by atoms with van der Waals surface area (Å²) in [6.45, 7) is 8.13. The first kappa shape index (κ1) is 25.9. The van der Waals surface area contributed by atoms with Crippen LogP contribution in [0.2, 0.25) is 0 Å². The van der Waals surface area contributed by atoms with Crippen LogP contribution in [0.15, 0.2) is 52.8 Å². The van der Waals surface area contributed by atoms with Crippen LogP contribution in [0, 0.1) is 19.8 Å². The highest BCUT2D eigenvalue weighted by atomic mass is 32.1. The van der Waals surface area contributed by atoms with Gasteiger partial charge in [0, 0.05) is 17.1 Å². The van der Waals surface area contributed by atoms with E-state index in [2.05, 4.69) is 31.3 Å². The van der Waals surface area contributed by atoms with Gasteiger partial charge in [-0.1, -0.05) is 32.0 Å². The van der Waals surface area contributed by atoms with Gasteiger partial charge in [0.15, 0.2) is 0 Å². The molecule has 1 aliphatic carbocycles. The van der Waals surface area contributed by atoms with E-state index in [1.54, 1.807) is 23.6 Å². The van der Waals surface area contributed by atoms with Gasteiger partial charge in [-0.05, 0) is 90.3 Å². The predicted octanol–water partition coefficient (Wildman–Crippen LogP) is 5.99. The summed E-state index contributed by atoms with van der Waals surface area (Å²) in [6.07, 6.45) is 4.16. The van der Waals surface area contributed by atoms with Crippen LogP contribution >= 0.6 is 11.3 Å². The lowest BCUT2D eigenvalue weighted by atomic mass is 9.98. The zero-order chi connectivity index (χ0) is 26.0. The molecule has 1 aliphatic rings. The molecule has 1 saturated carbocycles. The fraction of sp³-hybridized carbons (Fsp3) is 0.414. The minimum absolute atomic E-state index is 0.172. The largest absolute Gasteiger partial charge is 0.481 e. The van der Waals surface area contributed by atoms with E-state index in [4.69, 9.17) is 0 Å². The van der Waals surface area contributed by atoms with Crippen LogP contribution in [-0.2, 0) is 9.59 Å². The molecule has 2 heterocycles. The first-order valence-corrected chi connectivity index (χ1v) is 13.4. The maximum Gasteiger partial charge on any atom is 0.305 e. The second-order valence-corrected chi connectivity index (χ2v) is 11.2. The molecule has 3 aromatic rings. The zero-order valence-corrected chi connectivity index (χ0v) is 22.1. The number of carbonyl (C=O) groups is 2. The van der Waals surface area contributed by atoms with Crippen LogP contribution in [0.25, 0.3) is 10.4 Å². The molecular formula is C29H34N2O4S. The highest BCUT2D eigenvalue weighted by molar-refractivity contribution is 7.13. The second kappa shape index (κ2) is 10.8.